The standard InChI is InChI=1S/C17H20ClN3O6/c1-12(22)2-5-17(24)27-11-16(23)20-8-6-19(7-9-20)14-4-3-13(18)10-15(14)21(25)26/h3-4,10H,2,5-9,11H2,1H3. The second kappa shape index (κ2) is 9.31. The molecule has 146 valence electrons. The van der Waals surface area contributed by atoms with Crippen molar-refractivity contribution in [1.29, 1.82) is 0 Å². The van der Waals surface area contributed by atoms with Gasteiger partial charge in [0, 0.05) is 43.7 Å². The van der Waals surface area contributed by atoms with Crippen LogP contribution >= 0.6 is 11.6 Å². The van der Waals surface area contributed by atoms with Crippen LogP contribution in [0.4, 0.5) is 11.4 Å². The van der Waals surface area contributed by atoms with E-state index in [0.29, 0.717) is 31.9 Å². The first-order valence-electron chi connectivity index (χ1n) is 8.39. The van der Waals surface area contributed by atoms with Gasteiger partial charge in [0.2, 0.25) is 0 Å². The lowest BCUT2D eigenvalue weighted by molar-refractivity contribution is -0.384. The Morgan fingerprint density at radius 2 is 1.85 bits per heavy atom. The van der Waals surface area contributed by atoms with Crippen molar-refractivity contribution in [3.05, 3.63) is 33.3 Å². The minimum absolute atomic E-state index is 0.0450. The number of rotatable bonds is 7. The summed E-state index contributed by atoms with van der Waals surface area (Å²) in [7, 11) is 0. The molecule has 10 heteroatoms. The predicted octanol–water partition coefficient (Wildman–Crippen LogP) is 1.81. The SMILES string of the molecule is CC(=O)CCC(=O)OCC(=O)N1CCN(c2ccc(Cl)cc2[N+](=O)[O-])CC1. The molecular weight excluding hydrogens is 378 g/mol. The fraction of sp³-hybridized carbons (Fsp3) is 0.471. The summed E-state index contributed by atoms with van der Waals surface area (Å²) in [4.78, 5) is 48.5. The van der Waals surface area contributed by atoms with E-state index in [1.165, 1.54) is 17.9 Å². The molecule has 2 rings (SSSR count). The molecule has 0 aromatic heterocycles. The third-order valence-corrected chi connectivity index (χ3v) is 4.38. The van der Waals surface area contributed by atoms with Crippen LogP contribution in [-0.4, -0.2) is 60.3 Å². The molecule has 9 nitrogen and oxygen atoms in total. The molecule has 1 aliphatic heterocycles. The molecule has 0 radical (unpaired) electrons. The van der Waals surface area contributed by atoms with Crippen LogP contribution in [0.25, 0.3) is 0 Å². The monoisotopic (exact) mass is 397 g/mol. The minimum atomic E-state index is -0.589. The van der Waals surface area contributed by atoms with Gasteiger partial charge in [0.1, 0.15) is 11.5 Å². The van der Waals surface area contributed by atoms with Crippen molar-refractivity contribution in [2.75, 3.05) is 37.7 Å². The second-order valence-electron chi connectivity index (χ2n) is 6.12. The fourth-order valence-electron chi connectivity index (χ4n) is 2.69. The molecular formula is C17H20ClN3O6. The van der Waals surface area contributed by atoms with Gasteiger partial charge in [-0.15, -0.1) is 0 Å². The van der Waals surface area contributed by atoms with Gasteiger partial charge < -0.3 is 19.3 Å². The Bertz CT molecular complexity index is 746. The largest absolute Gasteiger partial charge is 0.456 e. The highest BCUT2D eigenvalue weighted by Crippen LogP contribution is 2.31. The number of anilines is 1. The number of Topliss-reactive ketones (excluding diaryl/α,β-unsaturated/α-hetero) is 1. The number of amides is 1. The van der Waals surface area contributed by atoms with Crippen LogP contribution < -0.4 is 4.90 Å². The lowest BCUT2D eigenvalue weighted by atomic mass is 10.2. The molecule has 0 atom stereocenters. The fourth-order valence-corrected chi connectivity index (χ4v) is 2.86. The van der Waals surface area contributed by atoms with Crippen molar-refractivity contribution in [1.82, 2.24) is 4.90 Å². The Morgan fingerprint density at radius 1 is 1.19 bits per heavy atom. The maximum atomic E-state index is 12.1. The molecule has 0 spiro atoms. The van der Waals surface area contributed by atoms with Crippen LogP contribution in [0.2, 0.25) is 5.02 Å². The van der Waals surface area contributed by atoms with Crippen LogP contribution in [-0.2, 0) is 19.1 Å². The quantitative estimate of drug-likeness (QED) is 0.392. The Kier molecular flexibility index (Phi) is 7.12. The summed E-state index contributed by atoms with van der Waals surface area (Å²) in [6.07, 6.45) is 0.0438. The summed E-state index contributed by atoms with van der Waals surface area (Å²) in [6, 6.07) is 4.48. The lowest BCUT2D eigenvalue weighted by Gasteiger charge is -2.35. The Morgan fingerprint density at radius 3 is 2.44 bits per heavy atom. The van der Waals surface area contributed by atoms with Gasteiger partial charge in [-0.05, 0) is 19.1 Å². The number of benzene rings is 1. The molecule has 1 aromatic rings. The number of nitro groups is 1. The molecule has 0 unspecified atom stereocenters. The summed E-state index contributed by atoms with van der Waals surface area (Å²) >= 11 is 5.83. The van der Waals surface area contributed by atoms with Crippen LogP contribution in [0, 0.1) is 10.1 Å². The van der Waals surface area contributed by atoms with E-state index in [0.717, 1.165) is 0 Å². The van der Waals surface area contributed by atoms with Gasteiger partial charge in [-0.25, -0.2) is 0 Å². The first kappa shape index (κ1) is 20.6. The molecule has 1 saturated heterocycles. The van der Waals surface area contributed by atoms with Crippen molar-refractivity contribution in [3.63, 3.8) is 0 Å². The van der Waals surface area contributed by atoms with E-state index in [1.54, 1.807) is 12.1 Å². The number of carbonyl (C=O) groups excluding carboxylic acids is 3. The summed E-state index contributed by atoms with van der Waals surface area (Å²) in [6.45, 7) is 2.52. The van der Waals surface area contributed by atoms with Crippen molar-refractivity contribution in [2.45, 2.75) is 19.8 Å². The second-order valence-corrected chi connectivity index (χ2v) is 6.56. The van der Waals surface area contributed by atoms with Crippen LogP contribution in [0.3, 0.4) is 0 Å². The summed E-state index contributed by atoms with van der Waals surface area (Å²) < 4.78 is 4.88. The van der Waals surface area contributed by atoms with E-state index in [9.17, 15) is 24.5 Å². The van der Waals surface area contributed by atoms with Gasteiger partial charge in [-0.1, -0.05) is 11.6 Å². The smallest absolute Gasteiger partial charge is 0.306 e. The van der Waals surface area contributed by atoms with Crippen molar-refractivity contribution in [3.8, 4) is 0 Å². The zero-order valence-corrected chi connectivity index (χ0v) is 15.6. The van der Waals surface area contributed by atoms with Crippen LogP contribution in [0.1, 0.15) is 19.8 Å². The van der Waals surface area contributed by atoms with Crippen molar-refractivity contribution in [2.24, 2.45) is 0 Å². The van der Waals surface area contributed by atoms with E-state index >= 15 is 0 Å². The van der Waals surface area contributed by atoms with E-state index < -0.39 is 10.9 Å². The molecule has 1 fully saturated rings. The first-order chi connectivity index (χ1) is 12.8. The zero-order chi connectivity index (χ0) is 20.0. The molecule has 1 heterocycles. The average Bonchev–Trinajstić information content (AvgIpc) is 2.64. The van der Waals surface area contributed by atoms with Gasteiger partial charge in [0.25, 0.3) is 11.6 Å². The maximum Gasteiger partial charge on any atom is 0.306 e. The number of nitro benzene ring substituents is 1. The van der Waals surface area contributed by atoms with Gasteiger partial charge >= 0.3 is 5.97 Å². The number of halogens is 1. The first-order valence-corrected chi connectivity index (χ1v) is 8.77. The number of piperazine rings is 1. The molecule has 0 aliphatic carbocycles. The van der Waals surface area contributed by atoms with Crippen molar-refractivity contribution < 1.29 is 24.0 Å². The van der Waals surface area contributed by atoms with Gasteiger partial charge in [-0.3, -0.25) is 19.7 Å². The van der Waals surface area contributed by atoms with E-state index in [-0.39, 0.29) is 41.8 Å². The Hall–Kier alpha value is -2.68. The van der Waals surface area contributed by atoms with Crippen molar-refractivity contribution >= 4 is 40.6 Å². The number of carbonyl (C=O) groups is 3. The molecule has 1 aromatic carbocycles. The van der Waals surface area contributed by atoms with E-state index in [1.807, 2.05) is 4.90 Å². The number of ketones is 1. The number of esters is 1. The maximum absolute atomic E-state index is 12.1. The Balaban J connectivity index is 1.86. The molecule has 0 saturated carbocycles. The van der Waals surface area contributed by atoms with Gasteiger partial charge in [0.05, 0.1) is 11.3 Å². The number of ether oxygens (including phenoxy) is 1. The number of hydrogen-bond acceptors (Lipinski definition) is 7. The zero-order valence-electron chi connectivity index (χ0n) is 14.9. The summed E-state index contributed by atoms with van der Waals surface area (Å²) in [5.74, 6) is -1.05. The van der Waals surface area contributed by atoms with E-state index in [4.69, 9.17) is 16.3 Å². The molecule has 1 amide bonds. The molecule has 0 bridgehead atoms. The highest BCUT2D eigenvalue weighted by Gasteiger charge is 2.26. The topological polar surface area (TPSA) is 110 Å². The van der Waals surface area contributed by atoms with E-state index in [2.05, 4.69) is 0 Å². The molecule has 0 N–H and O–H groups in total. The average molecular weight is 398 g/mol. The number of hydrogen-bond donors (Lipinski definition) is 0. The Labute approximate surface area is 161 Å². The number of nitrogens with zero attached hydrogens (tertiary/aromatic N) is 3. The molecule has 27 heavy (non-hydrogen) atoms. The predicted molar refractivity (Wildman–Crippen MR) is 97.8 cm³/mol. The highest BCUT2D eigenvalue weighted by atomic mass is 35.5. The third kappa shape index (κ3) is 5.92. The summed E-state index contributed by atoms with van der Waals surface area (Å²) in [5.41, 5.74) is 0.369. The van der Waals surface area contributed by atoms with Gasteiger partial charge in [0.15, 0.2) is 6.61 Å². The molecule has 1 aliphatic rings. The minimum Gasteiger partial charge on any atom is -0.456 e. The normalized spacial score (nSPS) is 14.0. The highest BCUT2D eigenvalue weighted by molar-refractivity contribution is 6.30. The van der Waals surface area contributed by atoms with Crippen LogP contribution in [0.5, 0.6) is 0 Å². The third-order valence-electron chi connectivity index (χ3n) is 4.15. The van der Waals surface area contributed by atoms with Gasteiger partial charge in [-0.2, -0.15) is 0 Å². The van der Waals surface area contributed by atoms with Crippen LogP contribution in [0.15, 0.2) is 18.2 Å². The summed E-state index contributed by atoms with van der Waals surface area (Å²) in [5, 5.41) is 11.5. The lowest BCUT2D eigenvalue weighted by Crippen LogP contribution is -2.50.